The normalized spacial score (nSPS) is 25.5. The quantitative estimate of drug-likeness (QED) is 0.568. The maximum Gasteiger partial charge on any atom is 0.228 e. The summed E-state index contributed by atoms with van der Waals surface area (Å²) in [5.41, 5.74) is 2.57. The molecule has 3 N–H and O–H groups in total. The molecule has 2 amide bonds. The van der Waals surface area contributed by atoms with Gasteiger partial charge in [0.05, 0.1) is 25.6 Å². The number of benzene rings is 1. The molecule has 3 aliphatic rings. The monoisotopic (exact) mass is 451 g/mol. The van der Waals surface area contributed by atoms with Crippen LogP contribution in [-0.4, -0.2) is 53.4 Å². The minimum absolute atomic E-state index is 0.0100. The zero-order valence-corrected chi connectivity index (χ0v) is 18.4. The van der Waals surface area contributed by atoms with Crippen molar-refractivity contribution >= 4 is 17.5 Å². The van der Waals surface area contributed by atoms with Gasteiger partial charge in [-0.3, -0.25) is 14.6 Å². The molecule has 0 radical (unpaired) electrons. The molecule has 33 heavy (non-hydrogen) atoms. The van der Waals surface area contributed by atoms with Crippen molar-refractivity contribution in [1.82, 2.24) is 10.3 Å². The van der Waals surface area contributed by atoms with Crippen LogP contribution in [0.4, 0.5) is 5.69 Å². The van der Waals surface area contributed by atoms with Gasteiger partial charge in [0.25, 0.3) is 0 Å². The predicted molar refractivity (Wildman–Crippen MR) is 121 cm³/mol. The molecule has 1 saturated carbocycles. The molecule has 2 aliphatic heterocycles. The number of carbonyl (C=O) groups excluding carboxylic acids is 2. The Hall–Kier alpha value is -2.97. The van der Waals surface area contributed by atoms with Gasteiger partial charge in [-0.05, 0) is 61.1 Å². The number of anilines is 1. The Labute approximate surface area is 192 Å². The highest BCUT2D eigenvalue weighted by Gasteiger charge is 2.46. The number of aromatic nitrogens is 1. The second-order valence-corrected chi connectivity index (χ2v) is 9.19. The fourth-order valence-corrected chi connectivity index (χ4v) is 4.72. The topological polar surface area (TPSA) is 110 Å². The number of fused-ring (bicyclic) bond motifs is 3. The number of ether oxygens (including phenoxy) is 2. The van der Waals surface area contributed by atoms with Crippen molar-refractivity contribution in [3.05, 3.63) is 53.9 Å². The summed E-state index contributed by atoms with van der Waals surface area (Å²) in [6.45, 7) is 0.556. The zero-order chi connectivity index (χ0) is 22.8. The van der Waals surface area contributed by atoms with Crippen LogP contribution in [0.2, 0.25) is 0 Å². The average Bonchev–Trinajstić information content (AvgIpc) is 3.58. The predicted octanol–water partition coefficient (Wildman–Crippen LogP) is 2.17. The van der Waals surface area contributed by atoms with Crippen molar-refractivity contribution in [2.75, 3.05) is 18.5 Å². The Balaban J connectivity index is 1.25. The molecule has 0 spiro atoms. The molecule has 5 rings (SSSR count). The Morgan fingerprint density at radius 1 is 1.12 bits per heavy atom. The number of hydrogen-bond donors (Lipinski definition) is 3. The van der Waals surface area contributed by atoms with Gasteiger partial charge in [0.1, 0.15) is 18.0 Å². The second-order valence-electron chi connectivity index (χ2n) is 9.19. The first-order valence-corrected chi connectivity index (χ1v) is 11.6. The summed E-state index contributed by atoms with van der Waals surface area (Å²) in [5, 5.41) is 15.8. The van der Waals surface area contributed by atoms with Crippen LogP contribution < -0.4 is 15.4 Å². The largest absolute Gasteiger partial charge is 0.487 e. The smallest absolute Gasteiger partial charge is 0.228 e. The molecule has 4 atom stereocenters. The highest BCUT2D eigenvalue weighted by molar-refractivity contribution is 5.92. The van der Waals surface area contributed by atoms with E-state index in [2.05, 4.69) is 15.6 Å². The van der Waals surface area contributed by atoms with Crippen molar-refractivity contribution in [3.63, 3.8) is 0 Å². The molecular formula is C25H29N3O5. The fourth-order valence-electron chi connectivity index (χ4n) is 4.72. The van der Waals surface area contributed by atoms with E-state index < -0.39 is 6.10 Å². The molecule has 1 aromatic carbocycles. The van der Waals surface area contributed by atoms with E-state index in [4.69, 9.17) is 9.47 Å². The van der Waals surface area contributed by atoms with E-state index >= 15 is 0 Å². The van der Waals surface area contributed by atoms with E-state index in [1.165, 1.54) is 12.8 Å². The standard InChI is InChI=1S/C25H29N3O5/c29-14-22-25-20(11-18(32-22)12-23(30)27-13-16-1-2-16)19-10-17(3-4-21(19)33-25)28-24(31)9-15-5-7-26-8-6-15/h3-8,10,16,18,20,22,25,29H,1-2,9,11-14H2,(H,27,30)(H,28,31)/t18-,20+,22-,25-/m0/s1. The zero-order valence-electron chi connectivity index (χ0n) is 18.4. The first-order chi connectivity index (χ1) is 16.1. The lowest BCUT2D eigenvalue weighted by Crippen LogP contribution is -2.47. The molecule has 1 aromatic heterocycles. The Kier molecular flexibility index (Phi) is 6.28. The van der Waals surface area contributed by atoms with Crippen LogP contribution in [0.3, 0.4) is 0 Å². The molecule has 8 nitrogen and oxygen atoms in total. The molecule has 2 aromatic rings. The van der Waals surface area contributed by atoms with Crippen molar-refractivity contribution in [2.24, 2.45) is 5.92 Å². The molecule has 0 unspecified atom stereocenters. The first kappa shape index (κ1) is 21.9. The molecule has 0 bridgehead atoms. The van der Waals surface area contributed by atoms with Crippen molar-refractivity contribution < 1.29 is 24.2 Å². The van der Waals surface area contributed by atoms with Gasteiger partial charge in [-0.1, -0.05) is 0 Å². The van der Waals surface area contributed by atoms with Crippen LogP contribution in [0, 0.1) is 5.92 Å². The van der Waals surface area contributed by atoms with E-state index in [-0.39, 0.29) is 49.4 Å². The minimum atomic E-state index is -0.498. The minimum Gasteiger partial charge on any atom is -0.487 e. The number of aliphatic hydroxyl groups excluding tert-OH is 1. The lowest BCUT2D eigenvalue weighted by molar-refractivity contribution is -0.142. The second kappa shape index (κ2) is 9.49. The average molecular weight is 452 g/mol. The molecule has 2 fully saturated rings. The highest BCUT2D eigenvalue weighted by Crippen LogP contribution is 2.47. The number of nitrogens with one attached hydrogen (secondary N) is 2. The maximum atomic E-state index is 12.5. The van der Waals surface area contributed by atoms with Crippen molar-refractivity contribution in [3.8, 4) is 5.75 Å². The Morgan fingerprint density at radius 3 is 2.70 bits per heavy atom. The molecule has 1 aliphatic carbocycles. The number of rotatable bonds is 8. The van der Waals surface area contributed by atoms with Crippen LogP contribution >= 0.6 is 0 Å². The van der Waals surface area contributed by atoms with Crippen LogP contribution in [-0.2, 0) is 20.7 Å². The van der Waals surface area contributed by atoms with Gasteiger partial charge in [0.15, 0.2) is 0 Å². The third kappa shape index (κ3) is 5.17. The maximum absolute atomic E-state index is 12.5. The fraction of sp³-hybridized carbons (Fsp3) is 0.480. The van der Waals surface area contributed by atoms with Gasteiger partial charge >= 0.3 is 0 Å². The summed E-state index contributed by atoms with van der Waals surface area (Å²) < 4.78 is 12.1. The third-order valence-electron chi connectivity index (χ3n) is 6.60. The summed E-state index contributed by atoms with van der Waals surface area (Å²) >= 11 is 0. The summed E-state index contributed by atoms with van der Waals surface area (Å²) in [4.78, 5) is 28.8. The SMILES string of the molecule is O=C(C[C@@H]1C[C@@H]2c3cc(NC(=O)Cc4ccncc4)ccc3O[C@@H]2[C@H](CO)O1)NCC1CC1. The number of carbonyl (C=O) groups is 2. The summed E-state index contributed by atoms with van der Waals surface area (Å²) in [6.07, 6.45) is 5.77. The van der Waals surface area contributed by atoms with E-state index in [0.29, 0.717) is 18.0 Å². The van der Waals surface area contributed by atoms with Gasteiger partial charge in [-0.15, -0.1) is 0 Å². The van der Waals surface area contributed by atoms with Gasteiger partial charge in [0, 0.05) is 36.1 Å². The van der Waals surface area contributed by atoms with Crippen LogP contribution in [0.15, 0.2) is 42.7 Å². The van der Waals surface area contributed by atoms with E-state index in [0.717, 1.165) is 23.4 Å². The molecule has 3 heterocycles. The lowest BCUT2D eigenvalue weighted by atomic mass is 9.84. The van der Waals surface area contributed by atoms with Crippen LogP contribution in [0.25, 0.3) is 0 Å². The van der Waals surface area contributed by atoms with Crippen LogP contribution in [0.1, 0.15) is 42.7 Å². The number of nitrogens with zero attached hydrogens (tertiary/aromatic N) is 1. The van der Waals surface area contributed by atoms with Gasteiger partial charge in [-0.2, -0.15) is 0 Å². The molecule has 174 valence electrons. The number of hydrogen-bond acceptors (Lipinski definition) is 6. The van der Waals surface area contributed by atoms with Gasteiger partial charge in [-0.25, -0.2) is 0 Å². The molecule has 8 heteroatoms. The molecular weight excluding hydrogens is 422 g/mol. The van der Waals surface area contributed by atoms with E-state index in [9.17, 15) is 14.7 Å². The summed E-state index contributed by atoms with van der Waals surface area (Å²) in [6, 6.07) is 9.24. The summed E-state index contributed by atoms with van der Waals surface area (Å²) in [5.74, 6) is 1.22. The Bertz CT molecular complexity index is 1010. The van der Waals surface area contributed by atoms with Gasteiger partial charge < -0.3 is 25.2 Å². The molecule has 1 saturated heterocycles. The number of amides is 2. The Morgan fingerprint density at radius 2 is 1.94 bits per heavy atom. The summed E-state index contributed by atoms with van der Waals surface area (Å²) in [7, 11) is 0. The third-order valence-corrected chi connectivity index (χ3v) is 6.60. The lowest BCUT2D eigenvalue weighted by Gasteiger charge is -2.37. The van der Waals surface area contributed by atoms with Crippen molar-refractivity contribution in [2.45, 2.75) is 56.3 Å². The van der Waals surface area contributed by atoms with Gasteiger partial charge in [0.2, 0.25) is 11.8 Å². The highest BCUT2D eigenvalue weighted by atomic mass is 16.6. The van der Waals surface area contributed by atoms with E-state index in [1.807, 2.05) is 30.3 Å². The number of pyridine rings is 1. The number of aliphatic hydroxyl groups is 1. The van der Waals surface area contributed by atoms with Crippen LogP contribution in [0.5, 0.6) is 5.75 Å². The van der Waals surface area contributed by atoms with E-state index in [1.54, 1.807) is 12.4 Å². The van der Waals surface area contributed by atoms with Crippen molar-refractivity contribution in [1.29, 1.82) is 0 Å². The first-order valence-electron chi connectivity index (χ1n) is 11.6.